The highest BCUT2D eigenvalue weighted by Gasteiger charge is 2.07. The fourth-order valence-electron chi connectivity index (χ4n) is 0.906. The van der Waals surface area contributed by atoms with Crippen molar-refractivity contribution in [1.29, 1.82) is 0 Å². The summed E-state index contributed by atoms with van der Waals surface area (Å²) < 4.78 is 5.66. The van der Waals surface area contributed by atoms with Gasteiger partial charge in [0.2, 0.25) is 0 Å². The third-order valence-electron chi connectivity index (χ3n) is 1.39. The SMILES string of the molecule is O=C(OC[SiH3])c1cc(O)cc(I)c1. The summed E-state index contributed by atoms with van der Waals surface area (Å²) in [5.74, 6) is -0.281. The second-order valence-electron chi connectivity index (χ2n) is 2.42. The Morgan fingerprint density at radius 3 is 2.77 bits per heavy atom. The molecule has 0 saturated heterocycles. The number of carbonyl (C=O) groups excluding carboxylic acids is 1. The van der Waals surface area contributed by atoms with Crippen molar-refractivity contribution in [3.63, 3.8) is 0 Å². The highest BCUT2D eigenvalue weighted by molar-refractivity contribution is 14.1. The Bertz CT molecular complexity index is 307. The zero-order valence-electron chi connectivity index (χ0n) is 7.08. The Labute approximate surface area is 92.7 Å². The first kappa shape index (κ1) is 10.5. The Morgan fingerprint density at radius 2 is 2.23 bits per heavy atom. The molecule has 5 heteroatoms. The van der Waals surface area contributed by atoms with Crippen molar-refractivity contribution in [2.24, 2.45) is 0 Å². The minimum atomic E-state index is -0.371. The number of ether oxygens (including phenoxy) is 1. The first-order valence-electron chi connectivity index (χ1n) is 3.80. The van der Waals surface area contributed by atoms with Gasteiger partial charge in [0.05, 0.1) is 22.0 Å². The molecule has 0 atom stereocenters. The molecule has 3 nitrogen and oxygen atoms in total. The van der Waals surface area contributed by atoms with Crippen molar-refractivity contribution in [1.82, 2.24) is 0 Å². The first-order chi connectivity index (χ1) is 6.13. The van der Waals surface area contributed by atoms with Crippen LogP contribution in [0.3, 0.4) is 0 Å². The van der Waals surface area contributed by atoms with Crippen molar-refractivity contribution >= 4 is 38.8 Å². The van der Waals surface area contributed by atoms with Crippen LogP contribution in [0, 0.1) is 3.57 Å². The highest BCUT2D eigenvalue weighted by Crippen LogP contribution is 2.17. The first-order valence-corrected chi connectivity index (χ1v) is 6.29. The van der Waals surface area contributed by atoms with Gasteiger partial charge in [0, 0.05) is 3.57 Å². The van der Waals surface area contributed by atoms with Crippen molar-refractivity contribution in [2.45, 2.75) is 0 Å². The molecule has 0 heterocycles. The number of carbonyl (C=O) groups is 1. The number of hydrogen-bond donors (Lipinski definition) is 1. The van der Waals surface area contributed by atoms with Gasteiger partial charge in [-0.1, -0.05) is 0 Å². The van der Waals surface area contributed by atoms with E-state index in [4.69, 9.17) is 4.74 Å². The van der Waals surface area contributed by atoms with Gasteiger partial charge in [-0.3, -0.25) is 0 Å². The molecule has 1 aromatic carbocycles. The Kier molecular flexibility index (Phi) is 3.73. The second kappa shape index (κ2) is 4.61. The quantitative estimate of drug-likeness (QED) is 0.491. The molecule has 0 aromatic heterocycles. The molecular weight excluding hydrogens is 299 g/mol. The number of benzene rings is 1. The van der Waals surface area contributed by atoms with Gasteiger partial charge < -0.3 is 9.84 Å². The lowest BCUT2D eigenvalue weighted by atomic mass is 10.2. The molecule has 0 amide bonds. The van der Waals surface area contributed by atoms with Crippen LogP contribution in [0.1, 0.15) is 10.4 Å². The van der Waals surface area contributed by atoms with Crippen LogP contribution in [0.5, 0.6) is 5.75 Å². The minimum absolute atomic E-state index is 0.0900. The van der Waals surface area contributed by atoms with E-state index in [1.54, 1.807) is 12.1 Å². The lowest BCUT2D eigenvalue weighted by molar-refractivity contribution is 0.0573. The predicted octanol–water partition coefficient (Wildman–Crippen LogP) is 0.476. The predicted molar refractivity (Wildman–Crippen MR) is 61.0 cm³/mol. The summed E-state index contributed by atoms with van der Waals surface area (Å²) in [7, 11) is 0.827. The van der Waals surface area contributed by atoms with Crippen LogP contribution in [-0.2, 0) is 4.74 Å². The molecule has 0 spiro atoms. The molecule has 1 aromatic rings. The van der Waals surface area contributed by atoms with Gasteiger partial charge in [0.15, 0.2) is 0 Å². The number of phenolic OH excluding ortho intramolecular Hbond substituents is 1. The summed E-state index contributed by atoms with van der Waals surface area (Å²) in [4.78, 5) is 11.2. The number of aromatic hydroxyl groups is 1. The smallest absolute Gasteiger partial charge is 0.337 e. The van der Waals surface area contributed by atoms with Crippen LogP contribution >= 0.6 is 22.6 Å². The summed E-state index contributed by atoms with van der Waals surface area (Å²) in [5, 5.41) is 9.21. The Hall–Kier alpha value is -0.563. The van der Waals surface area contributed by atoms with E-state index in [9.17, 15) is 9.90 Å². The monoisotopic (exact) mass is 308 g/mol. The van der Waals surface area contributed by atoms with Gasteiger partial charge in [0.1, 0.15) is 5.75 Å². The maximum Gasteiger partial charge on any atom is 0.337 e. The van der Waals surface area contributed by atoms with E-state index in [1.165, 1.54) is 6.07 Å². The van der Waals surface area contributed by atoms with E-state index in [-0.39, 0.29) is 11.7 Å². The molecular formula is C8H9IO3Si. The van der Waals surface area contributed by atoms with E-state index in [2.05, 4.69) is 0 Å². The molecule has 0 unspecified atom stereocenters. The molecule has 0 fully saturated rings. The number of esters is 1. The number of phenols is 1. The summed E-state index contributed by atoms with van der Waals surface area (Å²) in [6, 6.07) is 4.67. The van der Waals surface area contributed by atoms with Crippen LogP contribution in [0.2, 0.25) is 0 Å². The maximum absolute atomic E-state index is 11.2. The molecule has 0 bridgehead atoms. The zero-order chi connectivity index (χ0) is 9.84. The molecule has 0 aliphatic carbocycles. The summed E-state index contributed by atoms with van der Waals surface area (Å²) in [5.41, 5.74) is 0.403. The van der Waals surface area contributed by atoms with E-state index in [0.29, 0.717) is 11.8 Å². The second-order valence-corrected chi connectivity index (χ2v) is 4.24. The van der Waals surface area contributed by atoms with E-state index < -0.39 is 0 Å². The number of hydrogen-bond acceptors (Lipinski definition) is 3. The molecule has 0 radical (unpaired) electrons. The third-order valence-corrected chi connectivity index (χ3v) is 2.31. The third kappa shape index (κ3) is 3.00. The minimum Gasteiger partial charge on any atom is -0.508 e. The van der Waals surface area contributed by atoms with Gasteiger partial charge in [0.25, 0.3) is 0 Å². The van der Waals surface area contributed by atoms with Crippen LogP contribution in [0.4, 0.5) is 0 Å². The normalized spacial score (nSPS) is 9.92. The molecule has 70 valence electrons. The lowest BCUT2D eigenvalue weighted by Gasteiger charge is -2.02. The summed E-state index contributed by atoms with van der Waals surface area (Å²) in [6.07, 6.45) is 0.477. The molecule has 1 N–H and O–H groups in total. The average molecular weight is 308 g/mol. The summed E-state index contributed by atoms with van der Waals surface area (Å²) in [6.45, 7) is 0. The van der Waals surface area contributed by atoms with Crippen molar-refractivity contribution < 1.29 is 14.6 Å². The van der Waals surface area contributed by atoms with E-state index >= 15 is 0 Å². The van der Waals surface area contributed by atoms with Gasteiger partial charge in [-0.2, -0.15) is 0 Å². The summed E-state index contributed by atoms with van der Waals surface area (Å²) >= 11 is 2.03. The lowest BCUT2D eigenvalue weighted by Crippen LogP contribution is -2.06. The van der Waals surface area contributed by atoms with Crippen molar-refractivity contribution in [3.8, 4) is 5.75 Å². The molecule has 1 rings (SSSR count). The Balaban J connectivity index is 2.94. The number of halogens is 1. The van der Waals surface area contributed by atoms with E-state index in [0.717, 1.165) is 13.8 Å². The van der Waals surface area contributed by atoms with Gasteiger partial charge in [-0.05, 0) is 40.8 Å². The average Bonchev–Trinajstić information content (AvgIpc) is 2.03. The number of rotatable bonds is 2. The molecule has 13 heavy (non-hydrogen) atoms. The van der Waals surface area contributed by atoms with Crippen LogP contribution in [0.15, 0.2) is 18.2 Å². The van der Waals surface area contributed by atoms with Crippen molar-refractivity contribution in [3.05, 3.63) is 27.3 Å². The van der Waals surface area contributed by atoms with Crippen LogP contribution in [-0.4, -0.2) is 27.5 Å². The highest BCUT2D eigenvalue weighted by atomic mass is 127. The largest absolute Gasteiger partial charge is 0.508 e. The fourth-order valence-corrected chi connectivity index (χ4v) is 1.82. The van der Waals surface area contributed by atoms with Gasteiger partial charge in [-0.25, -0.2) is 4.79 Å². The topological polar surface area (TPSA) is 46.5 Å². The Morgan fingerprint density at radius 1 is 1.54 bits per heavy atom. The zero-order valence-corrected chi connectivity index (χ0v) is 11.2. The molecule has 0 aliphatic rings. The standard InChI is InChI=1S/C8H9IO3Si/c9-6-1-5(2-7(10)3-6)8(11)12-4-13/h1-3,10H,4H2,13H3. The maximum atomic E-state index is 11.2. The van der Waals surface area contributed by atoms with Gasteiger partial charge in [-0.15, -0.1) is 0 Å². The molecule has 0 saturated carbocycles. The van der Waals surface area contributed by atoms with Crippen molar-refractivity contribution in [2.75, 3.05) is 6.23 Å². The van der Waals surface area contributed by atoms with Crippen LogP contribution in [0.25, 0.3) is 0 Å². The molecule has 0 aliphatic heterocycles. The fraction of sp³-hybridized carbons (Fsp3) is 0.125. The van der Waals surface area contributed by atoms with Gasteiger partial charge >= 0.3 is 5.97 Å². The van der Waals surface area contributed by atoms with E-state index in [1.807, 2.05) is 22.6 Å². The van der Waals surface area contributed by atoms with Crippen LogP contribution < -0.4 is 0 Å².